The largest absolute Gasteiger partial charge is 0.355 e. The van der Waals surface area contributed by atoms with E-state index in [2.05, 4.69) is 19.2 Å². The minimum atomic E-state index is 0.0422. The number of rotatable bonds is 9. The summed E-state index contributed by atoms with van der Waals surface area (Å²) in [6.07, 6.45) is 1.28. The number of nitrogens with zero attached hydrogens (tertiary/aromatic N) is 1. The molecule has 0 saturated heterocycles. The normalized spacial score (nSPS) is 10.9. The first-order chi connectivity index (χ1) is 9.99. The molecule has 0 aromatic heterocycles. The van der Waals surface area contributed by atoms with Crippen LogP contribution in [0, 0.1) is 5.92 Å². The van der Waals surface area contributed by atoms with Gasteiger partial charge < -0.3 is 5.32 Å². The molecule has 0 spiro atoms. The fraction of sp³-hybridized carbons (Fsp3) is 0.529. The summed E-state index contributed by atoms with van der Waals surface area (Å²) in [4.78, 5) is 25.5. The lowest BCUT2D eigenvalue weighted by Gasteiger charge is -2.16. The number of nitrogens with one attached hydrogen (secondary N) is 1. The number of likely N-dealkylation sites (N-methyl/N-ethyl adjacent to an activating group) is 1. The van der Waals surface area contributed by atoms with E-state index in [1.54, 1.807) is 0 Å². The highest BCUT2D eigenvalue weighted by atomic mass is 16.2. The monoisotopic (exact) mass is 290 g/mol. The van der Waals surface area contributed by atoms with Gasteiger partial charge in [0, 0.05) is 18.5 Å². The smallest absolute Gasteiger partial charge is 0.234 e. The molecule has 0 radical (unpaired) electrons. The van der Waals surface area contributed by atoms with Gasteiger partial charge in [-0.05, 0) is 25.9 Å². The van der Waals surface area contributed by atoms with Crippen LogP contribution in [0.4, 0.5) is 0 Å². The second-order valence-corrected chi connectivity index (χ2v) is 5.83. The van der Waals surface area contributed by atoms with E-state index in [1.165, 1.54) is 0 Å². The second-order valence-electron chi connectivity index (χ2n) is 5.83. The summed E-state index contributed by atoms with van der Waals surface area (Å²) in [5, 5.41) is 2.89. The van der Waals surface area contributed by atoms with Crippen molar-refractivity contribution in [3.63, 3.8) is 0 Å². The van der Waals surface area contributed by atoms with E-state index in [0.29, 0.717) is 25.4 Å². The molecule has 0 aliphatic carbocycles. The predicted molar refractivity (Wildman–Crippen MR) is 85.4 cm³/mol. The van der Waals surface area contributed by atoms with Gasteiger partial charge in [0.05, 0.1) is 6.54 Å². The zero-order valence-corrected chi connectivity index (χ0v) is 13.3. The third kappa shape index (κ3) is 7.61. The van der Waals surface area contributed by atoms with Gasteiger partial charge in [-0.3, -0.25) is 14.5 Å². The zero-order chi connectivity index (χ0) is 15.7. The summed E-state index contributed by atoms with van der Waals surface area (Å²) in [5.74, 6) is 0.664. The Labute approximate surface area is 127 Å². The lowest BCUT2D eigenvalue weighted by atomic mass is 10.1. The maximum Gasteiger partial charge on any atom is 0.234 e. The van der Waals surface area contributed by atoms with Crippen LogP contribution in [0.3, 0.4) is 0 Å². The molecule has 21 heavy (non-hydrogen) atoms. The van der Waals surface area contributed by atoms with Crippen LogP contribution in [0.5, 0.6) is 0 Å². The Bertz CT molecular complexity index is 443. The Morgan fingerprint density at radius 2 is 1.86 bits per heavy atom. The van der Waals surface area contributed by atoms with Crippen molar-refractivity contribution in [2.75, 3.05) is 26.7 Å². The summed E-state index contributed by atoms with van der Waals surface area (Å²) in [5.41, 5.74) is 0.759. The number of ketones is 1. The first-order valence-corrected chi connectivity index (χ1v) is 7.52. The molecule has 0 fully saturated rings. The van der Waals surface area contributed by atoms with E-state index in [4.69, 9.17) is 0 Å². The van der Waals surface area contributed by atoms with Gasteiger partial charge in [-0.25, -0.2) is 0 Å². The van der Waals surface area contributed by atoms with E-state index in [9.17, 15) is 9.59 Å². The number of benzene rings is 1. The Balaban J connectivity index is 2.20. The fourth-order valence-corrected chi connectivity index (χ4v) is 1.98. The van der Waals surface area contributed by atoms with E-state index in [0.717, 1.165) is 18.5 Å². The van der Waals surface area contributed by atoms with Gasteiger partial charge in [0.25, 0.3) is 0 Å². The molecule has 0 atom stereocenters. The molecule has 0 aliphatic rings. The van der Waals surface area contributed by atoms with Crippen LogP contribution >= 0.6 is 0 Å². The summed E-state index contributed by atoms with van der Waals surface area (Å²) < 4.78 is 0. The SMILES string of the molecule is CC(C)CNC(=O)CN(C)CCCC(=O)c1ccccc1. The average Bonchev–Trinajstić information content (AvgIpc) is 2.46. The van der Waals surface area contributed by atoms with Crippen LogP contribution in [-0.4, -0.2) is 43.3 Å². The Morgan fingerprint density at radius 3 is 2.48 bits per heavy atom. The van der Waals surface area contributed by atoms with Gasteiger partial charge in [0.15, 0.2) is 5.78 Å². The maximum absolute atomic E-state index is 11.9. The molecule has 0 aliphatic heterocycles. The molecule has 0 heterocycles. The van der Waals surface area contributed by atoms with Crippen LogP contribution in [0.1, 0.15) is 37.0 Å². The van der Waals surface area contributed by atoms with E-state index in [1.807, 2.05) is 42.3 Å². The van der Waals surface area contributed by atoms with Gasteiger partial charge in [0.2, 0.25) is 5.91 Å². The Morgan fingerprint density at radius 1 is 1.19 bits per heavy atom. The third-order valence-electron chi connectivity index (χ3n) is 3.16. The molecule has 4 nitrogen and oxygen atoms in total. The summed E-state index contributed by atoms with van der Waals surface area (Å²) in [7, 11) is 1.90. The quantitative estimate of drug-likeness (QED) is 0.710. The van der Waals surface area contributed by atoms with Crippen molar-refractivity contribution in [2.45, 2.75) is 26.7 Å². The van der Waals surface area contributed by atoms with Crippen LogP contribution in [0.15, 0.2) is 30.3 Å². The van der Waals surface area contributed by atoms with Gasteiger partial charge >= 0.3 is 0 Å². The van der Waals surface area contributed by atoms with Gasteiger partial charge in [-0.15, -0.1) is 0 Å². The van der Waals surface area contributed by atoms with Crippen LogP contribution < -0.4 is 5.32 Å². The summed E-state index contributed by atoms with van der Waals surface area (Å²) >= 11 is 0. The molecule has 0 unspecified atom stereocenters. The van der Waals surface area contributed by atoms with Gasteiger partial charge in [-0.2, -0.15) is 0 Å². The fourth-order valence-electron chi connectivity index (χ4n) is 1.98. The van der Waals surface area contributed by atoms with Crippen LogP contribution in [-0.2, 0) is 4.79 Å². The molecule has 116 valence electrons. The topological polar surface area (TPSA) is 49.4 Å². The van der Waals surface area contributed by atoms with Crippen LogP contribution in [0.2, 0.25) is 0 Å². The highest BCUT2D eigenvalue weighted by Crippen LogP contribution is 2.05. The van der Waals surface area contributed by atoms with Crippen molar-refractivity contribution in [1.29, 1.82) is 0 Å². The maximum atomic E-state index is 11.9. The van der Waals surface area contributed by atoms with Crippen molar-refractivity contribution < 1.29 is 9.59 Å². The van der Waals surface area contributed by atoms with Gasteiger partial charge in [0.1, 0.15) is 0 Å². The minimum Gasteiger partial charge on any atom is -0.355 e. The van der Waals surface area contributed by atoms with Crippen molar-refractivity contribution in [3.05, 3.63) is 35.9 Å². The number of carbonyl (C=O) groups excluding carboxylic acids is 2. The predicted octanol–water partition coefficient (Wildman–Crippen LogP) is 2.35. The molecule has 1 N–H and O–H groups in total. The average molecular weight is 290 g/mol. The van der Waals surface area contributed by atoms with E-state index < -0.39 is 0 Å². The molecule has 0 bridgehead atoms. The first kappa shape index (κ1) is 17.4. The third-order valence-corrected chi connectivity index (χ3v) is 3.16. The number of hydrogen-bond acceptors (Lipinski definition) is 3. The van der Waals surface area contributed by atoms with Crippen molar-refractivity contribution in [3.8, 4) is 0 Å². The Hall–Kier alpha value is -1.68. The lowest BCUT2D eigenvalue weighted by molar-refractivity contribution is -0.122. The molecule has 1 aromatic carbocycles. The first-order valence-electron chi connectivity index (χ1n) is 7.52. The highest BCUT2D eigenvalue weighted by molar-refractivity contribution is 5.95. The van der Waals surface area contributed by atoms with Crippen LogP contribution in [0.25, 0.3) is 0 Å². The number of Topliss-reactive ketones (excluding diaryl/α,β-unsaturated/α-hetero) is 1. The van der Waals surface area contributed by atoms with Crippen molar-refractivity contribution in [1.82, 2.24) is 10.2 Å². The second kappa shape index (κ2) is 9.29. The molecular formula is C17H26N2O2. The number of amides is 1. The molecule has 0 saturated carbocycles. The summed E-state index contributed by atoms with van der Waals surface area (Å²) in [6, 6.07) is 9.33. The number of carbonyl (C=O) groups is 2. The molecule has 1 amide bonds. The lowest BCUT2D eigenvalue weighted by Crippen LogP contribution is -2.37. The minimum absolute atomic E-state index is 0.0422. The van der Waals surface area contributed by atoms with Crippen molar-refractivity contribution >= 4 is 11.7 Å². The summed E-state index contributed by atoms with van der Waals surface area (Å²) in [6.45, 7) is 5.97. The van der Waals surface area contributed by atoms with E-state index >= 15 is 0 Å². The highest BCUT2D eigenvalue weighted by Gasteiger charge is 2.09. The van der Waals surface area contributed by atoms with Crippen molar-refractivity contribution in [2.24, 2.45) is 5.92 Å². The molecule has 1 aromatic rings. The van der Waals surface area contributed by atoms with Gasteiger partial charge in [-0.1, -0.05) is 44.2 Å². The molecular weight excluding hydrogens is 264 g/mol. The standard InChI is InChI=1S/C17H26N2O2/c1-14(2)12-18-17(21)13-19(3)11-7-10-16(20)15-8-5-4-6-9-15/h4-6,8-9,14H,7,10-13H2,1-3H3,(H,18,21). The van der Waals surface area contributed by atoms with E-state index in [-0.39, 0.29) is 11.7 Å². The Kier molecular flexibility index (Phi) is 7.69. The number of hydrogen-bond donors (Lipinski definition) is 1. The molecule has 1 rings (SSSR count). The zero-order valence-electron chi connectivity index (χ0n) is 13.3. The molecule has 4 heteroatoms.